The number of aromatic nitrogens is 2. The van der Waals surface area contributed by atoms with E-state index in [-0.39, 0.29) is 41.5 Å². The summed E-state index contributed by atoms with van der Waals surface area (Å²) >= 11 is 1.05. The smallest absolute Gasteiger partial charge is 0.348 e. The number of nitrogens with two attached hydrogens (primary N) is 1. The number of benzene rings is 1. The molecule has 1 atom stereocenters. The molecule has 1 amide bonds. The highest BCUT2D eigenvalue weighted by molar-refractivity contribution is 7.20. The monoisotopic (exact) mass is 613 g/mol. The Balaban J connectivity index is 1.98. The number of primary amides is 1. The number of carbonyl (C=O) groups is 2. The van der Waals surface area contributed by atoms with Gasteiger partial charge in [0.1, 0.15) is 21.0 Å². The molecule has 0 bridgehead atoms. The van der Waals surface area contributed by atoms with Crippen molar-refractivity contribution in [2.75, 3.05) is 6.61 Å². The predicted octanol–water partition coefficient (Wildman–Crippen LogP) is 4.44. The molecular weight excluding hydrogens is 570 g/mol. The van der Waals surface area contributed by atoms with Crippen LogP contribution >= 0.6 is 11.3 Å². The second-order valence-corrected chi connectivity index (χ2v) is 13.2. The first-order valence-corrected chi connectivity index (χ1v) is 15.8. The molecule has 1 saturated carbocycles. The lowest BCUT2D eigenvalue weighted by Gasteiger charge is -2.31. The van der Waals surface area contributed by atoms with E-state index in [2.05, 4.69) is 0 Å². The van der Waals surface area contributed by atoms with E-state index in [1.165, 1.54) is 18.4 Å². The minimum atomic E-state index is -1.63. The zero-order valence-electron chi connectivity index (χ0n) is 25.8. The number of carbonyl (C=O) groups excluding carboxylic acids is 2. The van der Waals surface area contributed by atoms with E-state index in [0.717, 1.165) is 47.2 Å². The van der Waals surface area contributed by atoms with Gasteiger partial charge in [0, 0.05) is 12.5 Å². The molecule has 1 aromatic carbocycles. The number of para-hydroxylation sites is 1. The Morgan fingerprint density at radius 3 is 2.40 bits per heavy atom. The molecule has 1 fully saturated rings. The number of nitrogens with zero attached hydrogens (tertiary/aromatic N) is 2. The van der Waals surface area contributed by atoms with Gasteiger partial charge in [0.2, 0.25) is 5.91 Å². The Labute approximate surface area is 255 Å². The number of thiophene rings is 1. The van der Waals surface area contributed by atoms with Gasteiger partial charge in [0.05, 0.1) is 24.2 Å². The number of hydrogen-bond donors (Lipinski definition) is 2. The lowest BCUT2D eigenvalue weighted by Crippen LogP contribution is -2.54. The minimum Gasteiger partial charge on any atom is -0.491 e. The molecule has 3 N–H and O–H groups in total. The van der Waals surface area contributed by atoms with Crippen molar-refractivity contribution in [3.8, 4) is 5.75 Å². The van der Waals surface area contributed by atoms with Gasteiger partial charge in [-0.05, 0) is 96.8 Å². The number of esters is 1. The van der Waals surface area contributed by atoms with Crippen molar-refractivity contribution in [1.29, 1.82) is 0 Å². The molecule has 43 heavy (non-hydrogen) atoms. The number of fused-ring (bicyclic) bond motifs is 1. The van der Waals surface area contributed by atoms with Crippen molar-refractivity contribution in [2.24, 2.45) is 11.7 Å². The average molecular weight is 614 g/mol. The molecular formula is C32H43N3O7S. The summed E-state index contributed by atoms with van der Waals surface area (Å²) in [5, 5.41) is 10.3. The minimum absolute atomic E-state index is 0.0774. The molecule has 0 radical (unpaired) electrons. The van der Waals surface area contributed by atoms with Crippen LogP contribution in [0.3, 0.4) is 0 Å². The average Bonchev–Trinajstić information content (AvgIpc) is 3.29. The molecule has 11 heteroatoms. The fraction of sp³-hybridized carbons (Fsp3) is 0.562. The van der Waals surface area contributed by atoms with Crippen molar-refractivity contribution >= 4 is 33.4 Å². The van der Waals surface area contributed by atoms with Crippen molar-refractivity contribution in [1.82, 2.24) is 9.13 Å². The fourth-order valence-corrected chi connectivity index (χ4v) is 7.18. The molecule has 0 spiro atoms. The third-order valence-corrected chi connectivity index (χ3v) is 9.69. The van der Waals surface area contributed by atoms with E-state index in [9.17, 15) is 24.3 Å². The first kappa shape index (κ1) is 32.5. The Morgan fingerprint density at radius 2 is 1.79 bits per heavy atom. The summed E-state index contributed by atoms with van der Waals surface area (Å²) in [6, 6.07) is 7.75. The summed E-state index contributed by atoms with van der Waals surface area (Å²) in [5.74, 6) is -0.604. The zero-order valence-corrected chi connectivity index (χ0v) is 26.7. The molecule has 1 aliphatic rings. The molecule has 0 unspecified atom stereocenters. The highest BCUT2D eigenvalue weighted by Gasteiger charge is 2.35. The lowest BCUT2D eigenvalue weighted by molar-refractivity contribution is -0.125. The van der Waals surface area contributed by atoms with Gasteiger partial charge in [-0.3, -0.25) is 14.2 Å². The van der Waals surface area contributed by atoms with E-state index >= 15 is 0 Å². The summed E-state index contributed by atoms with van der Waals surface area (Å²) in [4.78, 5) is 54.2. The van der Waals surface area contributed by atoms with Gasteiger partial charge in [-0.15, -0.1) is 11.3 Å². The normalized spacial score (nSPS) is 18.1. The molecule has 4 rings (SSSR count). The number of aryl methyl sites for hydroxylation is 1. The SMILES string of the molecule is CCOC(=O)c1sc2c(c1C)c(=O)n(C(C)(C)C(N)=O)c(=O)n2C[C@H](C[C@H]1CC[C@H](O)CC1)c1ccccc1OC(C)C. The van der Waals surface area contributed by atoms with Crippen LogP contribution in [0.25, 0.3) is 10.2 Å². The maximum Gasteiger partial charge on any atom is 0.348 e. The highest BCUT2D eigenvalue weighted by atomic mass is 32.1. The van der Waals surface area contributed by atoms with Gasteiger partial charge < -0.3 is 20.3 Å². The standard InChI is InChI=1S/C32H43N3O7S/c1-7-41-29(38)26-19(4)25-27(37)35(32(5,6)30(33)39)31(40)34(28(25)43-26)17-21(16-20-12-14-22(36)15-13-20)23-10-8-9-11-24(23)42-18(2)3/h8-11,18,20-22,36H,7,12-17H2,1-6H3,(H2,33,39)/t20-,21-,22-/m0/s1. The topological polar surface area (TPSA) is 143 Å². The molecule has 234 valence electrons. The van der Waals surface area contributed by atoms with Gasteiger partial charge >= 0.3 is 11.7 Å². The van der Waals surface area contributed by atoms with E-state index in [1.807, 2.05) is 38.1 Å². The van der Waals surface area contributed by atoms with Crippen LogP contribution in [0, 0.1) is 12.8 Å². The largest absolute Gasteiger partial charge is 0.491 e. The van der Waals surface area contributed by atoms with Crippen molar-refractivity contribution < 1.29 is 24.2 Å². The lowest BCUT2D eigenvalue weighted by atomic mass is 9.79. The van der Waals surface area contributed by atoms with Gasteiger partial charge in [-0.2, -0.15) is 0 Å². The molecule has 1 aliphatic carbocycles. The Bertz CT molecular complexity index is 1610. The van der Waals surface area contributed by atoms with Crippen molar-refractivity contribution in [2.45, 2.75) is 104 Å². The van der Waals surface area contributed by atoms with E-state index in [4.69, 9.17) is 15.2 Å². The van der Waals surface area contributed by atoms with Crippen LogP contribution < -0.4 is 21.7 Å². The van der Waals surface area contributed by atoms with Gasteiger partial charge in [0.25, 0.3) is 5.56 Å². The molecule has 3 aromatic rings. The maximum atomic E-state index is 14.3. The van der Waals surface area contributed by atoms with E-state index in [0.29, 0.717) is 28.5 Å². The number of ether oxygens (including phenoxy) is 2. The second kappa shape index (κ2) is 13.1. The number of aliphatic hydroxyl groups is 1. The summed E-state index contributed by atoms with van der Waals surface area (Å²) in [6.07, 6.45) is 3.48. The Hall–Kier alpha value is -3.44. The number of hydrogen-bond acceptors (Lipinski definition) is 8. The number of amides is 1. The maximum absolute atomic E-state index is 14.3. The summed E-state index contributed by atoms with van der Waals surface area (Å²) in [7, 11) is 0. The summed E-state index contributed by atoms with van der Waals surface area (Å²) in [6.45, 7) is 10.5. The van der Waals surface area contributed by atoms with Crippen molar-refractivity contribution in [3.63, 3.8) is 0 Å². The quantitative estimate of drug-likeness (QED) is 0.304. The second-order valence-electron chi connectivity index (χ2n) is 12.2. The van der Waals surface area contributed by atoms with Crippen LogP contribution in [0.1, 0.15) is 93.4 Å². The Kier molecular flexibility index (Phi) is 9.86. The van der Waals surface area contributed by atoms with Crippen LogP contribution in [0.4, 0.5) is 0 Å². The molecule has 2 heterocycles. The van der Waals surface area contributed by atoms with Gasteiger partial charge in [-0.1, -0.05) is 18.2 Å². The van der Waals surface area contributed by atoms with Crippen LogP contribution in [0.2, 0.25) is 0 Å². The molecule has 10 nitrogen and oxygen atoms in total. The fourth-order valence-electron chi connectivity index (χ4n) is 5.98. The van der Waals surface area contributed by atoms with Crippen LogP contribution in [0.5, 0.6) is 5.75 Å². The number of rotatable bonds is 11. The van der Waals surface area contributed by atoms with E-state index in [1.54, 1.807) is 13.8 Å². The Morgan fingerprint density at radius 1 is 1.14 bits per heavy atom. The van der Waals surface area contributed by atoms with Crippen molar-refractivity contribution in [3.05, 3.63) is 61.1 Å². The van der Waals surface area contributed by atoms with Crippen LogP contribution in [-0.4, -0.2) is 44.9 Å². The highest BCUT2D eigenvalue weighted by Crippen LogP contribution is 2.39. The number of aliphatic hydroxyl groups excluding tert-OH is 1. The first-order valence-electron chi connectivity index (χ1n) is 15.0. The van der Waals surface area contributed by atoms with E-state index < -0.39 is 28.7 Å². The summed E-state index contributed by atoms with van der Waals surface area (Å²) < 4.78 is 13.9. The third kappa shape index (κ3) is 6.57. The van der Waals surface area contributed by atoms with Crippen LogP contribution in [0.15, 0.2) is 33.9 Å². The van der Waals surface area contributed by atoms with Gasteiger partial charge in [0.15, 0.2) is 0 Å². The zero-order chi connectivity index (χ0) is 31.6. The predicted molar refractivity (Wildman–Crippen MR) is 167 cm³/mol. The summed E-state index contributed by atoms with van der Waals surface area (Å²) in [5.41, 5.74) is 4.04. The first-order chi connectivity index (χ1) is 20.3. The van der Waals surface area contributed by atoms with Crippen LogP contribution in [-0.2, 0) is 21.6 Å². The molecule has 0 saturated heterocycles. The molecule has 2 aromatic heterocycles. The molecule has 0 aliphatic heterocycles. The van der Waals surface area contributed by atoms with Gasteiger partial charge in [-0.25, -0.2) is 14.2 Å². The third-order valence-electron chi connectivity index (χ3n) is 8.39.